The number of ether oxygens (including phenoxy) is 3. The summed E-state index contributed by atoms with van der Waals surface area (Å²) >= 11 is 0. The van der Waals surface area contributed by atoms with Gasteiger partial charge in [-0.1, -0.05) is 12.1 Å². The van der Waals surface area contributed by atoms with Crippen LogP contribution in [0.3, 0.4) is 0 Å². The first kappa shape index (κ1) is 18.0. The van der Waals surface area contributed by atoms with Gasteiger partial charge in [-0.25, -0.2) is 4.79 Å². The highest BCUT2D eigenvalue weighted by Crippen LogP contribution is 2.21. The lowest BCUT2D eigenvalue weighted by molar-refractivity contribution is -0.147. The molecule has 2 aromatic carbocycles. The second kappa shape index (κ2) is 8.50. The normalized spacial score (nSPS) is 9.80. The number of methoxy groups -OCH3 is 1. The fraction of sp³-hybridized carbons (Fsp3) is 0.211. The first-order valence-electron chi connectivity index (χ1n) is 7.50. The quantitative estimate of drug-likeness (QED) is 0.569. The number of esters is 1. The van der Waals surface area contributed by atoms with Crippen LogP contribution in [0.4, 0.5) is 0 Å². The zero-order chi connectivity index (χ0) is 18.2. The number of nitriles is 1. The summed E-state index contributed by atoms with van der Waals surface area (Å²) in [4.78, 5) is 23.3. The standard InChI is InChI=1S/C19H17NO5/c1-13(21)14-7-8-17(23-2)16(9-14)11-25-19(22)12-24-18-6-4-3-5-15(18)10-20/h3-9H,11-12H2,1-2H3. The summed E-state index contributed by atoms with van der Waals surface area (Å²) in [6, 6.07) is 13.5. The third kappa shape index (κ3) is 4.82. The second-order valence-corrected chi connectivity index (χ2v) is 5.14. The van der Waals surface area contributed by atoms with Gasteiger partial charge in [0, 0.05) is 11.1 Å². The van der Waals surface area contributed by atoms with Crippen LogP contribution < -0.4 is 9.47 Å². The molecule has 0 aliphatic heterocycles. The minimum Gasteiger partial charge on any atom is -0.496 e. The van der Waals surface area contributed by atoms with Gasteiger partial charge in [-0.15, -0.1) is 0 Å². The van der Waals surface area contributed by atoms with Crippen molar-refractivity contribution >= 4 is 11.8 Å². The number of para-hydroxylation sites is 1. The summed E-state index contributed by atoms with van der Waals surface area (Å²) in [7, 11) is 1.50. The van der Waals surface area contributed by atoms with Crippen LogP contribution in [-0.2, 0) is 16.1 Å². The molecule has 0 heterocycles. The summed E-state index contributed by atoms with van der Waals surface area (Å²) in [6.45, 7) is 1.08. The van der Waals surface area contributed by atoms with E-state index in [-0.39, 0.29) is 19.0 Å². The first-order chi connectivity index (χ1) is 12.0. The number of ketones is 1. The molecule has 0 aromatic heterocycles. The Morgan fingerprint density at radius 2 is 1.88 bits per heavy atom. The predicted molar refractivity (Wildman–Crippen MR) is 89.4 cm³/mol. The molecular weight excluding hydrogens is 322 g/mol. The summed E-state index contributed by atoms with van der Waals surface area (Å²) in [5, 5.41) is 8.98. The monoisotopic (exact) mass is 339 g/mol. The number of hydrogen-bond donors (Lipinski definition) is 0. The van der Waals surface area contributed by atoms with E-state index >= 15 is 0 Å². The Balaban J connectivity index is 1.97. The van der Waals surface area contributed by atoms with Crippen LogP contribution in [0, 0.1) is 11.3 Å². The zero-order valence-corrected chi connectivity index (χ0v) is 13.9. The fourth-order valence-corrected chi connectivity index (χ4v) is 2.13. The molecule has 0 radical (unpaired) electrons. The van der Waals surface area contributed by atoms with E-state index < -0.39 is 5.97 Å². The molecule has 0 aliphatic carbocycles. The van der Waals surface area contributed by atoms with Gasteiger partial charge in [0.15, 0.2) is 12.4 Å². The summed E-state index contributed by atoms with van der Waals surface area (Å²) in [5.41, 5.74) is 1.43. The van der Waals surface area contributed by atoms with Crippen molar-refractivity contribution < 1.29 is 23.8 Å². The maximum absolute atomic E-state index is 11.9. The van der Waals surface area contributed by atoms with Crippen LogP contribution in [0.5, 0.6) is 11.5 Å². The smallest absolute Gasteiger partial charge is 0.344 e. The van der Waals surface area contributed by atoms with Crippen molar-refractivity contribution in [3.05, 3.63) is 59.2 Å². The van der Waals surface area contributed by atoms with Crippen molar-refractivity contribution in [1.82, 2.24) is 0 Å². The van der Waals surface area contributed by atoms with Gasteiger partial charge in [-0.3, -0.25) is 4.79 Å². The summed E-state index contributed by atoms with van der Waals surface area (Å²) < 4.78 is 15.7. The van der Waals surface area contributed by atoms with Gasteiger partial charge in [-0.2, -0.15) is 5.26 Å². The Hall–Kier alpha value is -3.33. The predicted octanol–water partition coefficient (Wildman–Crippen LogP) is 2.89. The Kier molecular flexibility index (Phi) is 6.13. The molecule has 0 N–H and O–H groups in total. The minimum absolute atomic E-state index is 0.0492. The van der Waals surface area contributed by atoms with E-state index in [9.17, 15) is 9.59 Å². The number of carbonyl (C=O) groups is 2. The third-order valence-corrected chi connectivity index (χ3v) is 3.43. The van der Waals surface area contributed by atoms with Crippen molar-refractivity contribution in [3.8, 4) is 17.6 Å². The van der Waals surface area contributed by atoms with Crippen molar-refractivity contribution in [3.63, 3.8) is 0 Å². The molecule has 2 aromatic rings. The molecule has 0 aliphatic rings. The molecule has 0 amide bonds. The Morgan fingerprint density at radius 3 is 2.56 bits per heavy atom. The number of benzene rings is 2. The van der Waals surface area contributed by atoms with Crippen molar-refractivity contribution in [1.29, 1.82) is 5.26 Å². The largest absolute Gasteiger partial charge is 0.496 e. The van der Waals surface area contributed by atoms with Gasteiger partial charge in [0.1, 0.15) is 24.2 Å². The van der Waals surface area contributed by atoms with E-state index in [2.05, 4.69) is 0 Å². The SMILES string of the molecule is COc1ccc(C(C)=O)cc1COC(=O)COc1ccccc1C#N. The molecule has 0 bridgehead atoms. The highest BCUT2D eigenvalue weighted by atomic mass is 16.6. The van der Waals surface area contributed by atoms with Crippen LogP contribution in [0.15, 0.2) is 42.5 Å². The number of carbonyl (C=O) groups excluding carboxylic acids is 2. The summed E-state index contributed by atoms with van der Waals surface area (Å²) in [5.74, 6) is 0.154. The molecule has 0 spiro atoms. The molecule has 0 atom stereocenters. The Morgan fingerprint density at radius 1 is 1.12 bits per heavy atom. The lowest BCUT2D eigenvalue weighted by Gasteiger charge is -2.11. The van der Waals surface area contributed by atoms with E-state index in [1.807, 2.05) is 6.07 Å². The van der Waals surface area contributed by atoms with Crippen LogP contribution >= 0.6 is 0 Å². The molecule has 25 heavy (non-hydrogen) atoms. The molecule has 0 fully saturated rings. The van der Waals surface area contributed by atoms with Gasteiger partial charge in [-0.05, 0) is 37.3 Å². The minimum atomic E-state index is -0.594. The Bertz CT molecular complexity index is 823. The zero-order valence-electron chi connectivity index (χ0n) is 13.9. The second-order valence-electron chi connectivity index (χ2n) is 5.14. The van der Waals surface area contributed by atoms with Gasteiger partial charge in [0.05, 0.1) is 12.7 Å². The molecule has 0 saturated carbocycles. The molecule has 0 unspecified atom stereocenters. The highest BCUT2D eigenvalue weighted by molar-refractivity contribution is 5.94. The maximum atomic E-state index is 11.9. The van der Waals surface area contributed by atoms with E-state index in [1.165, 1.54) is 14.0 Å². The van der Waals surface area contributed by atoms with Crippen LogP contribution in [0.25, 0.3) is 0 Å². The van der Waals surface area contributed by atoms with Crippen LogP contribution in [0.2, 0.25) is 0 Å². The van der Waals surface area contributed by atoms with Crippen molar-refractivity contribution in [2.24, 2.45) is 0 Å². The van der Waals surface area contributed by atoms with E-state index in [1.54, 1.807) is 42.5 Å². The van der Waals surface area contributed by atoms with Crippen molar-refractivity contribution in [2.45, 2.75) is 13.5 Å². The first-order valence-corrected chi connectivity index (χ1v) is 7.50. The van der Waals surface area contributed by atoms with E-state index in [4.69, 9.17) is 19.5 Å². The third-order valence-electron chi connectivity index (χ3n) is 3.43. The Labute approximate surface area is 145 Å². The maximum Gasteiger partial charge on any atom is 0.344 e. The molecule has 128 valence electrons. The average molecular weight is 339 g/mol. The topological polar surface area (TPSA) is 85.6 Å². The molecular formula is C19H17NO5. The highest BCUT2D eigenvalue weighted by Gasteiger charge is 2.11. The van der Waals surface area contributed by atoms with Gasteiger partial charge in [0.25, 0.3) is 0 Å². The fourth-order valence-electron chi connectivity index (χ4n) is 2.13. The lowest BCUT2D eigenvalue weighted by Crippen LogP contribution is -2.15. The molecule has 0 saturated heterocycles. The van der Waals surface area contributed by atoms with Crippen molar-refractivity contribution in [2.75, 3.05) is 13.7 Å². The molecule has 2 rings (SSSR count). The number of rotatable bonds is 7. The molecule has 6 heteroatoms. The van der Waals surface area contributed by atoms with E-state index in [0.29, 0.717) is 28.2 Å². The van der Waals surface area contributed by atoms with E-state index in [0.717, 1.165) is 0 Å². The van der Waals surface area contributed by atoms with Gasteiger partial charge >= 0.3 is 5.97 Å². The molecule has 6 nitrogen and oxygen atoms in total. The number of hydrogen-bond acceptors (Lipinski definition) is 6. The van der Waals surface area contributed by atoms with Crippen LogP contribution in [0.1, 0.15) is 28.4 Å². The summed E-state index contributed by atoms with van der Waals surface area (Å²) in [6.07, 6.45) is 0. The van der Waals surface area contributed by atoms with Crippen LogP contribution in [-0.4, -0.2) is 25.5 Å². The number of nitrogens with zero attached hydrogens (tertiary/aromatic N) is 1. The van der Waals surface area contributed by atoms with Gasteiger partial charge < -0.3 is 14.2 Å². The lowest BCUT2D eigenvalue weighted by atomic mass is 10.1. The number of Topliss-reactive ketones (excluding diaryl/α,β-unsaturated/α-hetero) is 1. The average Bonchev–Trinajstić information content (AvgIpc) is 2.64. The van der Waals surface area contributed by atoms with Gasteiger partial charge in [0.2, 0.25) is 0 Å².